The van der Waals surface area contributed by atoms with Crippen molar-refractivity contribution in [1.29, 1.82) is 0 Å². The van der Waals surface area contributed by atoms with Crippen LogP contribution in [0.1, 0.15) is 18.2 Å². The van der Waals surface area contributed by atoms with Crippen molar-refractivity contribution in [2.45, 2.75) is 39.0 Å². The van der Waals surface area contributed by atoms with Gasteiger partial charge in [0.15, 0.2) is 0 Å². The molecule has 0 unspecified atom stereocenters. The molecule has 0 aliphatic carbocycles. The van der Waals surface area contributed by atoms with Crippen molar-refractivity contribution in [2.24, 2.45) is 0 Å². The first-order valence-electron chi connectivity index (χ1n) is 4.95. The summed E-state index contributed by atoms with van der Waals surface area (Å²) in [7, 11) is -0.996. The van der Waals surface area contributed by atoms with Crippen LogP contribution < -0.4 is 0 Å². The van der Waals surface area contributed by atoms with Gasteiger partial charge in [0, 0.05) is 11.9 Å². The number of rotatable bonds is 3. The van der Waals surface area contributed by atoms with Gasteiger partial charge in [-0.3, -0.25) is 4.98 Å². The zero-order valence-corrected chi connectivity index (χ0v) is 10.1. The molecule has 2 heteroatoms. The highest BCUT2D eigenvalue weighted by Gasteiger charge is 2.14. The van der Waals surface area contributed by atoms with Gasteiger partial charge in [0.25, 0.3) is 0 Å². The van der Waals surface area contributed by atoms with E-state index in [2.05, 4.69) is 43.7 Å². The molecular formula is C11H19NSi. The number of hydrogen-bond donors (Lipinski definition) is 0. The minimum atomic E-state index is -0.996. The van der Waals surface area contributed by atoms with Crippen molar-refractivity contribution < 1.29 is 0 Å². The Hall–Kier alpha value is -0.633. The monoisotopic (exact) mass is 193 g/mol. The second-order valence-corrected chi connectivity index (χ2v) is 10.2. The molecule has 1 heterocycles. The van der Waals surface area contributed by atoms with Gasteiger partial charge in [0.1, 0.15) is 0 Å². The number of pyridine rings is 1. The summed E-state index contributed by atoms with van der Waals surface area (Å²) in [5, 5.41) is 0. The largest absolute Gasteiger partial charge is 0.262 e. The van der Waals surface area contributed by atoms with Gasteiger partial charge in [-0.1, -0.05) is 26.6 Å². The molecule has 0 fully saturated rings. The van der Waals surface area contributed by atoms with Gasteiger partial charge in [-0.25, -0.2) is 0 Å². The molecule has 0 radical (unpaired) electrons. The van der Waals surface area contributed by atoms with Crippen LogP contribution >= 0.6 is 0 Å². The first-order valence-corrected chi connectivity index (χ1v) is 8.66. The average Bonchev–Trinajstić information content (AvgIpc) is 2.01. The molecule has 0 aromatic carbocycles. The average molecular weight is 193 g/mol. The van der Waals surface area contributed by atoms with Crippen LogP contribution in [0.5, 0.6) is 0 Å². The highest BCUT2D eigenvalue weighted by Crippen LogP contribution is 2.11. The van der Waals surface area contributed by atoms with Gasteiger partial charge in [0.2, 0.25) is 0 Å². The molecule has 72 valence electrons. The molecule has 0 amide bonds. The summed E-state index contributed by atoms with van der Waals surface area (Å²) in [4.78, 5) is 4.41. The van der Waals surface area contributed by atoms with Crippen LogP contribution in [0.15, 0.2) is 18.3 Å². The van der Waals surface area contributed by atoms with Crippen molar-refractivity contribution in [3.63, 3.8) is 0 Å². The van der Waals surface area contributed by atoms with E-state index in [0.29, 0.717) is 0 Å². The van der Waals surface area contributed by atoms with Gasteiger partial charge in [-0.05, 0) is 30.2 Å². The van der Waals surface area contributed by atoms with Crippen LogP contribution in [-0.2, 0) is 12.5 Å². The van der Waals surface area contributed by atoms with Gasteiger partial charge in [0.05, 0.1) is 8.07 Å². The Bertz CT molecular complexity index is 276. The molecule has 0 atom stereocenters. The van der Waals surface area contributed by atoms with E-state index < -0.39 is 8.07 Å². The van der Waals surface area contributed by atoms with Gasteiger partial charge in [-0.2, -0.15) is 0 Å². The molecule has 0 aliphatic rings. The van der Waals surface area contributed by atoms with E-state index in [1.165, 1.54) is 17.3 Å². The first-order chi connectivity index (χ1) is 6.01. The Balaban J connectivity index is 2.78. The lowest BCUT2D eigenvalue weighted by Crippen LogP contribution is -2.24. The molecule has 1 aromatic rings. The molecule has 0 N–H and O–H groups in total. The molecule has 0 bridgehead atoms. The van der Waals surface area contributed by atoms with Crippen LogP contribution in [0, 0.1) is 0 Å². The minimum Gasteiger partial charge on any atom is -0.262 e. The fraction of sp³-hybridized carbons (Fsp3) is 0.545. The summed E-state index contributed by atoms with van der Waals surface area (Å²) in [5.41, 5.74) is 2.68. The maximum Gasteiger partial charge on any atom is 0.0506 e. The lowest BCUT2D eigenvalue weighted by Gasteiger charge is -2.15. The molecule has 1 rings (SSSR count). The highest BCUT2D eigenvalue weighted by atomic mass is 28.3. The van der Waals surface area contributed by atoms with Crippen LogP contribution in [0.3, 0.4) is 0 Å². The molecule has 13 heavy (non-hydrogen) atoms. The predicted molar refractivity (Wildman–Crippen MR) is 60.7 cm³/mol. The van der Waals surface area contributed by atoms with Crippen molar-refractivity contribution >= 4 is 8.07 Å². The lowest BCUT2D eigenvalue weighted by atomic mass is 10.2. The number of aromatic nitrogens is 1. The van der Waals surface area contributed by atoms with Crippen LogP contribution in [0.4, 0.5) is 0 Å². The van der Waals surface area contributed by atoms with E-state index in [-0.39, 0.29) is 0 Å². The Morgan fingerprint density at radius 1 is 1.31 bits per heavy atom. The third kappa shape index (κ3) is 3.72. The zero-order valence-electron chi connectivity index (χ0n) is 9.09. The Morgan fingerprint density at radius 2 is 2.00 bits per heavy atom. The quantitative estimate of drug-likeness (QED) is 0.672. The topological polar surface area (TPSA) is 12.9 Å². The lowest BCUT2D eigenvalue weighted by molar-refractivity contribution is 1.06. The van der Waals surface area contributed by atoms with E-state index in [4.69, 9.17) is 0 Å². The Labute approximate surface area is 82.2 Å². The van der Waals surface area contributed by atoms with Crippen molar-refractivity contribution in [2.75, 3.05) is 0 Å². The molecule has 0 aliphatic heterocycles. The van der Waals surface area contributed by atoms with Crippen molar-refractivity contribution in [3.05, 3.63) is 29.6 Å². The second-order valence-electron chi connectivity index (χ2n) is 4.75. The van der Waals surface area contributed by atoms with Gasteiger partial charge < -0.3 is 0 Å². The van der Waals surface area contributed by atoms with Crippen molar-refractivity contribution in [1.82, 2.24) is 4.98 Å². The summed E-state index contributed by atoms with van der Waals surface area (Å²) in [6, 6.07) is 5.55. The van der Waals surface area contributed by atoms with E-state index in [1.807, 2.05) is 6.20 Å². The second kappa shape index (κ2) is 4.05. The van der Waals surface area contributed by atoms with Crippen LogP contribution in [-0.4, -0.2) is 13.1 Å². The first kappa shape index (κ1) is 10.4. The minimum absolute atomic E-state index is 0.996. The molecule has 1 aromatic heterocycles. The number of nitrogens with zero attached hydrogens (tertiary/aromatic N) is 1. The molecule has 0 spiro atoms. The normalized spacial score (nSPS) is 11.7. The smallest absolute Gasteiger partial charge is 0.0506 e. The summed E-state index contributed by atoms with van der Waals surface area (Å²) >= 11 is 0. The van der Waals surface area contributed by atoms with E-state index in [0.717, 1.165) is 6.42 Å². The van der Waals surface area contributed by atoms with E-state index in [9.17, 15) is 0 Å². The SMILES string of the molecule is CCc1ccnc(C[Si](C)(C)C)c1. The van der Waals surface area contributed by atoms with Gasteiger partial charge in [-0.15, -0.1) is 0 Å². The fourth-order valence-corrected chi connectivity index (χ4v) is 2.67. The van der Waals surface area contributed by atoms with Crippen LogP contribution in [0.2, 0.25) is 19.6 Å². The zero-order chi connectivity index (χ0) is 9.90. The Kier molecular flexibility index (Phi) is 3.26. The van der Waals surface area contributed by atoms with E-state index >= 15 is 0 Å². The van der Waals surface area contributed by atoms with E-state index in [1.54, 1.807) is 0 Å². The maximum atomic E-state index is 4.41. The summed E-state index contributed by atoms with van der Waals surface area (Å²) in [5.74, 6) is 0. The number of aryl methyl sites for hydroxylation is 1. The predicted octanol–water partition coefficient (Wildman–Crippen LogP) is 3.06. The standard InChI is InChI=1S/C11H19NSi/c1-5-10-6-7-12-11(8-10)9-13(2,3)4/h6-8H,5,9H2,1-4H3. The van der Waals surface area contributed by atoms with Gasteiger partial charge >= 0.3 is 0 Å². The number of hydrogen-bond acceptors (Lipinski definition) is 1. The molecular weight excluding hydrogens is 174 g/mol. The summed E-state index contributed by atoms with van der Waals surface area (Å²) < 4.78 is 0. The Morgan fingerprint density at radius 3 is 2.54 bits per heavy atom. The maximum absolute atomic E-state index is 4.41. The third-order valence-electron chi connectivity index (χ3n) is 2.00. The molecule has 0 saturated carbocycles. The molecule has 0 saturated heterocycles. The fourth-order valence-electron chi connectivity index (χ4n) is 1.39. The highest BCUT2D eigenvalue weighted by molar-refractivity contribution is 6.75. The van der Waals surface area contributed by atoms with Crippen molar-refractivity contribution in [3.8, 4) is 0 Å². The summed E-state index contributed by atoms with van der Waals surface area (Å²) in [6.45, 7) is 9.33. The molecule has 1 nitrogen and oxygen atoms in total. The third-order valence-corrected chi connectivity index (χ3v) is 3.42. The summed E-state index contributed by atoms with van der Waals surface area (Å²) in [6.07, 6.45) is 3.05. The van der Waals surface area contributed by atoms with Crippen LogP contribution in [0.25, 0.3) is 0 Å².